The van der Waals surface area contributed by atoms with Crippen molar-refractivity contribution in [1.29, 1.82) is 0 Å². The van der Waals surface area contributed by atoms with E-state index in [0.717, 1.165) is 0 Å². The van der Waals surface area contributed by atoms with Gasteiger partial charge in [-0.1, -0.05) is 0 Å². The Morgan fingerprint density at radius 3 is 2.53 bits per heavy atom. The number of aliphatic hydroxyl groups excluding tert-OH is 2. The molecule has 1 heterocycles. The van der Waals surface area contributed by atoms with Crippen molar-refractivity contribution < 1.29 is 15.0 Å². The molecule has 0 aliphatic heterocycles. The minimum atomic E-state index is -1.60. The van der Waals surface area contributed by atoms with Crippen molar-refractivity contribution in [3.63, 3.8) is 0 Å². The summed E-state index contributed by atoms with van der Waals surface area (Å²) in [5.41, 5.74) is 5.24. The Morgan fingerprint density at radius 2 is 2.13 bits per heavy atom. The monoisotopic (exact) mass is 213 g/mol. The van der Waals surface area contributed by atoms with Gasteiger partial charge in [-0.25, -0.2) is 0 Å². The molecule has 0 aliphatic carbocycles. The second kappa shape index (κ2) is 4.41. The summed E-state index contributed by atoms with van der Waals surface area (Å²) in [4.78, 5) is 10.6. The lowest BCUT2D eigenvalue weighted by atomic mass is 10.1. The molecule has 84 valence electrons. The third-order valence-electron chi connectivity index (χ3n) is 2.08. The topological polar surface area (TPSA) is 101 Å². The van der Waals surface area contributed by atoms with Gasteiger partial charge in [0.15, 0.2) is 6.10 Å². The maximum absolute atomic E-state index is 10.6. The number of carbonyl (C=O) groups excluding carboxylic acids is 1. The summed E-state index contributed by atoms with van der Waals surface area (Å²) >= 11 is 0. The first-order valence-electron chi connectivity index (χ1n) is 4.63. The zero-order valence-corrected chi connectivity index (χ0v) is 8.66. The second-order valence-electron chi connectivity index (χ2n) is 3.64. The van der Waals surface area contributed by atoms with Gasteiger partial charge >= 0.3 is 0 Å². The molecule has 0 aliphatic rings. The molecule has 2 atom stereocenters. The number of aliphatic hydroxyl groups is 2. The predicted octanol–water partition coefficient (Wildman–Crippen LogP) is -0.656. The molecule has 0 saturated heterocycles. The van der Waals surface area contributed by atoms with Gasteiger partial charge in [-0.3, -0.25) is 9.48 Å². The number of amides is 1. The SMILES string of the molecule is CC(C)n1cc(C(O)C(O)C(N)=O)cn1. The molecule has 1 aromatic rings. The van der Waals surface area contributed by atoms with E-state index in [9.17, 15) is 15.0 Å². The molecule has 0 saturated carbocycles. The van der Waals surface area contributed by atoms with E-state index in [-0.39, 0.29) is 6.04 Å². The molecule has 0 radical (unpaired) electrons. The standard InChI is InChI=1S/C9H15N3O3/c1-5(2)12-4-6(3-11-12)7(13)8(14)9(10)15/h3-5,7-8,13-14H,1-2H3,(H2,10,15). The van der Waals surface area contributed by atoms with Crippen LogP contribution in [-0.4, -0.2) is 32.0 Å². The Kier molecular flexibility index (Phi) is 3.43. The highest BCUT2D eigenvalue weighted by Crippen LogP contribution is 2.17. The van der Waals surface area contributed by atoms with Crippen molar-refractivity contribution in [3.8, 4) is 0 Å². The van der Waals surface area contributed by atoms with E-state index in [0.29, 0.717) is 5.56 Å². The summed E-state index contributed by atoms with van der Waals surface area (Å²) in [5, 5.41) is 22.8. The molecule has 2 unspecified atom stereocenters. The molecule has 1 rings (SSSR count). The lowest BCUT2D eigenvalue weighted by Crippen LogP contribution is -2.33. The molecule has 0 bridgehead atoms. The summed E-state index contributed by atoms with van der Waals surface area (Å²) in [6.45, 7) is 3.85. The number of rotatable bonds is 4. The molecule has 1 amide bonds. The number of carbonyl (C=O) groups is 1. The zero-order valence-electron chi connectivity index (χ0n) is 8.66. The van der Waals surface area contributed by atoms with E-state index in [4.69, 9.17) is 5.73 Å². The molecule has 0 aromatic carbocycles. The molecular weight excluding hydrogens is 198 g/mol. The quantitative estimate of drug-likeness (QED) is 0.618. The molecule has 6 heteroatoms. The summed E-state index contributed by atoms with van der Waals surface area (Å²) in [6.07, 6.45) is 0.0445. The van der Waals surface area contributed by atoms with Crippen molar-refractivity contribution in [1.82, 2.24) is 9.78 Å². The van der Waals surface area contributed by atoms with Gasteiger partial charge in [-0.2, -0.15) is 5.10 Å². The van der Waals surface area contributed by atoms with Crippen LogP contribution in [0.2, 0.25) is 0 Å². The number of hydrogen-bond donors (Lipinski definition) is 3. The van der Waals surface area contributed by atoms with Crippen LogP contribution in [0.5, 0.6) is 0 Å². The van der Waals surface area contributed by atoms with Crippen LogP contribution >= 0.6 is 0 Å². The van der Waals surface area contributed by atoms with Gasteiger partial charge in [0.25, 0.3) is 0 Å². The van der Waals surface area contributed by atoms with Crippen LogP contribution in [0, 0.1) is 0 Å². The fourth-order valence-electron chi connectivity index (χ4n) is 1.13. The van der Waals surface area contributed by atoms with E-state index in [2.05, 4.69) is 5.10 Å². The van der Waals surface area contributed by atoms with Crippen LogP contribution in [0.4, 0.5) is 0 Å². The van der Waals surface area contributed by atoms with Crippen LogP contribution in [-0.2, 0) is 4.79 Å². The molecule has 4 N–H and O–H groups in total. The fraction of sp³-hybridized carbons (Fsp3) is 0.556. The van der Waals surface area contributed by atoms with E-state index >= 15 is 0 Å². The Morgan fingerprint density at radius 1 is 1.53 bits per heavy atom. The Hall–Kier alpha value is -1.40. The van der Waals surface area contributed by atoms with Crippen molar-refractivity contribution >= 4 is 5.91 Å². The highest BCUT2D eigenvalue weighted by molar-refractivity contribution is 5.79. The average molecular weight is 213 g/mol. The van der Waals surface area contributed by atoms with Gasteiger partial charge in [0, 0.05) is 17.8 Å². The Balaban J connectivity index is 2.82. The van der Waals surface area contributed by atoms with E-state index in [1.54, 1.807) is 10.9 Å². The summed E-state index contributed by atoms with van der Waals surface area (Å²) in [6, 6.07) is 0.150. The minimum Gasteiger partial charge on any atom is -0.385 e. The Bertz CT molecular complexity index is 348. The van der Waals surface area contributed by atoms with Crippen LogP contribution in [0.15, 0.2) is 12.4 Å². The van der Waals surface area contributed by atoms with Gasteiger partial charge in [0.05, 0.1) is 6.20 Å². The lowest BCUT2D eigenvalue weighted by Gasteiger charge is -2.12. The maximum atomic E-state index is 10.6. The first-order chi connectivity index (χ1) is 6.93. The highest BCUT2D eigenvalue weighted by Gasteiger charge is 2.24. The summed E-state index contributed by atoms with van der Waals surface area (Å²) in [7, 11) is 0. The first kappa shape index (κ1) is 11.7. The normalized spacial score (nSPS) is 15.3. The molecule has 0 fully saturated rings. The van der Waals surface area contributed by atoms with Gasteiger partial charge in [-0.15, -0.1) is 0 Å². The van der Waals surface area contributed by atoms with Gasteiger partial charge in [0.1, 0.15) is 6.10 Å². The number of aromatic nitrogens is 2. The fourth-order valence-corrected chi connectivity index (χ4v) is 1.13. The third kappa shape index (κ3) is 2.54. The number of primary amides is 1. The maximum Gasteiger partial charge on any atom is 0.249 e. The van der Waals surface area contributed by atoms with Crippen molar-refractivity contribution in [3.05, 3.63) is 18.0 Å². The van der Waals surface area contributed by atoms with E-state index in [1.165, 1.54) is 6.20 Å². The molecule has 15 heavy (non-hydrogen) atoms. The minimum absolute atomic E-state index is 0.150. The summed E-state index contributed by atoms with van der Waals surface area (Å²) in [5.74, 6) is -0.959. The number of nitrogens with zero attached hydrogens (tertiary/aromatic N) is 2. The van der Waals surface area contributed by atoms with Crippen LogP contribution in [0.1, 0.15) is 31.6 Å². The van der Waals surface area contributed by atoms with E-state index in [1.807, 2.05) is 13.8 Å². The molecule has 6 nitrogen and oxygen atoms in total. The second-order valence-corrected chi connectivity index (χ2v) is 3.64. The van der Waals surface area contributed by atoms with Gasteiger partial charge in [0.2, 0.25) is 5.91 Å². The van der Waals surface area contributed by atoms with Crippen LogP contribution in [0.25, 0.3) is 0 Å². The van der Waals surface area contributed by atoms with Crippen molar-refractivity contribution in [2.75, 3.05) is 0 Å². The van der Waals surface area contributed by atoms with Gasteiger partial charge < -0.3 is 15.9 Å². The molecule has 0 spiro atoms. The smallest absolute Gasteiger partial charge is 0.249 e. The largest absolute Gasteiger partial charge is 0.385 e. The third-order valence-corrected chi connectivity index (χ3v) is 2.08. The summed E-state index contributed by atoms with van der Waals surface area (Å²) < 4.78 is 1.62. The number of nitrogens with two attached hydrogens (primary N) is 1. The average Bonchev–Trinajstić information content (AvgIpc) is 2.64. The first-order valence-corrected chi connectivity index (χ1v) is 4.63. The van der Waals surface area contributed by atoms with Crippen molar-refractivity contribution in [2.45, 2.75) is 32.1 Å². The highest BCUT2D eigenvalue weighted by atomic mass is 16.3. The zero-order chi connectivity index (χ0) is 11.6. The molecular formula is C9H15N3O3. The predicted molar refractivity (Wildman–Crippen MR) is 52.8 cm³/mol. The van der Waals surface area contributed by atoms with Crippen LogP contribution < -0.4 is 5.73 Å². The number of hydrogen-bond acceptors (Lipinski definition) is 4. The Labute approximate surface area is 87.3 Å². The van der Waals surface area contributed by atoms with Crippen LogP contribution in [0.3, 0.4) is 0 Å². The van der Waals surface area contributed by atoms with E-state index < -0.39 is 18.1 Å². The van der Waals surface area contributed by atoms with Gasteiger partial charge in [-0.05, 0) is 13.8 Å². The van der Waals surface area contributed by atoms with Crippen molar-refractivity contribution in [2.24, 2.45) is 5.73 Å². The lowest BCUT2D eigenvalue weighted by molar-refractivity contribution is -0.131. The molecule has 1 aromatic heterocycles.